The van der Waals surface area contributed by atoms with Crippen LogP contribution in [0.5, 0.6) is 0 Å². The Balaban J connectivity index is 2.28. The molecule has 0 saturated carbocycles. The monoisotopic (exact) mass is 281 g/mol. The molecule has 7 heteroatoms. The van der Waals surface area contributed by atoms with Crippen LogP contribution in [0.3, 0.4) is 0 Å². The Labute approximate surface area is 111 Å². The fourth-order valence-electron chi connectivity index (χ4n) is 1.50. The first kappa shape index (κ1) is 13.3. The smallest absolute Gasteiger partial charge is 0.323 e. The lowest BCUT2D eigenvalue weighted by Gasteiger charge is -2.07. The predicted molar refractivity (Wildman–Crippen MR) is 66.7 cm³/mol. The van der Waals surface area contributed by atoms with Gasteiger partial charge in [-0.1, -0.05) is 18.2 Å². The van der Waals surface area contributed by atoms with E-state index in [4.69, 9.17) is 5.11 Å². The Morgan fingerprint density at radius 2 is 2.05 bits per heavy atom. The second-order valence-corrected chi connectivity index (χ2v) is 4.68. The van der Waals surface area contributed by atoms with Crippen molar-refractivity contribution in [2.75, 3.05) is 6.54 Å². The Morgan fingerprint density at radius 1 is 1.37 bits per heavy atom. The molecule has 2 amide bonds. The van der Waals surface area contributed by atoms with Gasteiger partial charge in [0.2, 0.25) is 0 Å². The van der Waals surface area contributed by atoms with Crippen LogP contribution in [-0.4, -0.2) is 33.7 Å². The maximum absolute atomic E-state index is 13.4. The average molecular weight is 281 g/mol. The van der Waals surface area contributed by atoms with Crippen LogP contribution in [0.15, 0.2) is 29.2 Å². The molecule has 0 atom stereocenters. The maximum Gasteiger partial charge on any atom is 0.323 e. The molecule has 1 N–H and O–H groups in total. The lowest BCUT2D eigenvalue weighted by atomic mass is 10.2. The molecule has 0 bridgehead atoms. The number of nitrogens with zero attached hydrogens (tertiary/aromatic N) is 1. The quantitative estimate of drug-likeness (QED) is 0.857. The van der Waals surface area contributed by atoms with Gasteiger partial charge in [0.05, 0.1) is 4.91 Å². The Hall–Kier alpha value is -2.15. The zero-order valence-corrected chi connectivity index (χ0v) is 10.3. The molecule has 0 spiro atoms. The van der Waals surface area contributed by atoms with Crippen molar-refractivity contribution >= 4 is 35.0 Å². The number of aliphatic carboxylic acids is 1. The van der Waals surface area contributed by atoms with Gasteiger partial charge in [-0.05, 0) is 23.9 Å². The van der Waals surface area contributed by atoms with Crippen LogP contribution in [0.1, 0.15) is 5.56 Å². The molecule has 5 nitrogen and oxygen atoms in total. The number of hydrogen-bond acceptors (Lipinski definition) is 4. The lowest BCUT2D eigenvalue weighted by Crippen LogP contribution is -2.33. The molecular formula is C12H8FNO4S. The van der Waals surface area contributed by atoms with Crippen LogP contribution in [0.2, 0.25) is 0 Å². The van der Waals surface area contributed by atoms with E-state index >= 15 is 0 Å². The van der Waals surface area contributed by atoms with Gasteiger partial charge in [0.15, 0.2) is 0 Å². The number of imide groups is 1. The molecular weight excluding hydrogens is 273 g/mol. The largest absolute Gasteiger partial charge is 0.480 e. The Morgan fingerprint density at radius 3 is 2.68 bits per heavy atom. The molecule has 0 aromatic heterocycles. The van der Waals surface area contributed by atoms with E-state index in [1.807, 2.05) is 0 Å². The van der Waals surface area contributed by atoms with Crippen LogP contribution in [0.25, 0.3) is 6.08 Å². The zero-order valence-electron chi connectivity index (χ0n) is 9.50. The minimum absolute atomic E-state index is 0.0105. The number of amides is 2. The van der Waals surface area contributed by atoms with Crippen molar-refractivity contribution in [3.63, 3.8) is 0 Å². The second kappa shape index (κ2) is 5.23. The second-order valence-electron chi connectivity index (χ2n) is 3.68. The van der Waals surface area contributed by atoms with E-state index in [9.17, 15) is 18.8 Å². The molecule has 1 aliphatic heterocycles. The molecule has 1 aliphatic rings. The normalized spacial score (nSPS) is 17.3. The number of carbonyl (C=O) groups excluding carboxylic acids is 2. The zero-order chi connectivity index (χ0) is 14.0. The first-order valence-corrected chi connectivity index (χ1v) is 6.02. The highest BCUT2D eigenvalue weighted by Crippen LogP contribution is 2.32. The summed E-state index contributed by atoms with van der Waals surface area (Å²) in [6.45, 7) is -0.695. The summed E-state index contributed by atoms with van der Waals surface area (Å²) in [5.74, 6) is -2.53. The summed E-state index contributed by atoms with van der Waals surface area (Å²) in [4.78, 5) is 34.4. The number of hydrogen-bond donors (Lipinski definition) is 1. The molecule has 1 fully saturated rings. The molecule has 98 valence electrons. The van der Waals surface area contributed by atoms with Crippen molar-refractivity contribution in [2.24, 2.45) is 0 Å². The maximum atomic E-state index is 13.4. The third-order valence-electron chi connectivity index (χ3n) is 2.36. The van der Waals surface area contributed by atoms with E-state index in [0.29, 0.717) is 16.7 Å². The van der Waals surface area contributed by atoms with Crippen molar-refractivity contribution in [3.8, 4) is 0 Å². The van der Waals surface area contributed by atoms with Gasteiger partial charge >= 0.3 is 5.97 Å². The van der Waals surface area contributed by atoms with Gasteiger partial charge in [0.25, 0.3) is 11.1 Å². The highest BCUT2D eigenvalue weighted by atomic mass is 32.2. The number of rotatable bonds is 3. The van der Waals surface area contributed by atoms with Gasteiger partial charge in [-0.3, -0.25) is 19.3 Å². The van der Waals surface area contributed by atoms with E-state index in [1.54, 1.807) is 6.07 Å². The van der Waals surface area contributed by atoms with E-state index in [2.05, 4.69) is 0 Å². The lowest BCUT2D eigenvalue weighted by molar-refractivity contribution is -0.140. The molecule has 1 heterocycles. The standard InChI is InChI=1S/C12H8FNO4S/c13-8-4-2-1-3-7(8)5-9-11(17)14(6-10(15)16)12(18)19-9/h1-5H,6H2,(H,15,16)/b9-5+. The highest BCUT2D eigenvalue weighted by Gasteiger charge is 2.36. The number of carboxylic acid groups (broad SMARTS) is 1. The minimum Gasteiger partial charge on any atom is -0.480 e. The number of halogens is 1. The summed E-state index contributed by atoms with van der Waals surface area (Å²) in [6.07, 6.45) is 1.24. The van der Waals surface area contributed by atoms with Crippen LogP contribution >= 0.6 is 11.8 Å². The fraction of sp³-hybridized carbons (Fsp3) is 0.0833. The molecule has 1 saturated heterocycles. The highest BCUT2D eigenvalue weighted by molar-refractivity contribution is 8.18. The van der Waals surface area contributed by atoms with Crippen molar-refractivity contribution in [1.29, 1.82) is 0 Å². The molecule has 1 aromatic rings. The number of carbonyl (C=O) groups is 3. The molecule has 1 aromatic carbocycles. The van der Waals surface area contributed by atoms with Crippen LogP contribution < -0.4 is 0 Å². The third-order valence-corrected chi connectivity index (χ3v) is 3.27. The van der Waals surface area contributed by atoms with Crippen molar-refractivity contribution in [2.45, 2.75) is 0 Å². The summed E-state index contributed by atoms with van der Waals surface area (Å²) < 4.78 is 13.4. The molecule has 2 rings (SSSR count). The van der Waals surface area contributed by atoms with Gasteiger partial charge in [-0.25, -0.2) is 4.39 Å². The van der Waals surface area contributed by atoms with Gasteiger partial charge in [-0.2, -0.15) is 0 Å². The van der Waals surface area contributed by atoms with Gasteiger partial charge < -0.3 is 5.11 Å². The first-order valence-electron chi connectivity index (χ1n) is 5.20. The van der Waals surface area contributed by atoms with Crippen LogP contribution in [0.4, 0.5) is 9.18 Å². The molecule has 0 radical (unpaired) electrons. The number of thioether (sulfide) groups is 1. The molecule has 0 aliphatic carbocycles. The van der Waals surface area contributed by atoms with E-state index in [0.717, 1.165) is 0 Å². The molecule has 0 unspecified atom stereocenters. The summed E-state index contributed by atoms with van der Waals surface area (Å²) in [5.41, 5.74) is 0.170. The minimum atomic E-state index is -1.28. The van der Waals surface area contributed by atoms with Crippen LogP contribution in [-0.2, 0) is 9.59 Å². The first-order chi connectivity index (χ1) is 8.99. The summed E-state index contributed by atoms with van der Waals surface area (Å²) >= 11 is 0.596. The fourth-order valence-corrected chi connectivity index (χ4v) is 2.33. The van der Waals surface area contributed by atoms with Crippen molar-refractivity contribution < 1.29 is 23.9 Å². The number of benzene rings is 1. The van der Waals surface area contributed by atoms with Gasteiger partial charge in [0, 0.05) is 5.56 Å². The van der Waals surface area contributed by atoms with E-state index in [-0.39, 0.29) is 10.5 Å². The van der Waals surface area contributed by atoms with Crippen molar-refractivity contribution in [1.82, 2.24) is 4.90 Å². The van der Waals surface area contributed by atoms with Crippen molar-refractivity contribution in [3.05, 3.63) is 40.6 Å². The predicted octanol–water partition coefficient (Wildman–Crippen LogP) is 1.95. The molecule has 19 heavy (non-hydrogen) atoms. The summed E-state index contributed by atoms with van der Waals surface area (Å²) in [7, 11) is 0. The van der Waals surface area contributed by atoms with E-state index in [1.165, 1.54) is 24.3 Å². The van der Waals surface area contributed by atoms with Gasteiger partial charge in [0.1, 0.15) is 12.4 Å². The van der Waals surface area contributed by atoms with Crippen LogP contribution in [0, 0.1) is 5.82 Å². The Bertz CT molecular complexity index is 599. The summed E-state index contributed by atoms with van der Waals surface area (Å²) in [6, 6.07) is 5.78. The topological polar surface area (TPSA) is 74.7 Å². The summed E-state index contributed by atoms with van der Waals surface area (Å²) in [5, 5.41) is 7.92. The SMILES string of the molecule is O=C(O)CN1C(=O)S/C(=C/c2ccccc2F)C1=O. The van der Waals surface area contributed by atoms with Gasteiger partial charge in [-0.15, -0.1) is 0 Å². The van der Waals surface area contributed by atoms with E-state index < -0.39 is 29.5 Å². The third kappa shape index (κ3) is 2.82. The number of carboxylic acids is 1. The average Bonchev–Trinajstić information content (AvgIpc) is 2.60. The Kier molecular flexibility index (Phi) is 3.66.